The molecular formula is C21H23FN4O2. The average Bonchev–Trinajstić information content (AvgIpc) is 2.99. The Bertz CT molecular complexity index is 978. The molecule has 0 bridgehead atoms. The number of ether oxygens (including phenoxy) is 1. The topological polar surface area (TPSA) is 69.0 Å². The summed E-state index contributed by atoms with van der Waals surface area (Å²) >= 11 is 0. The van der Waals surface area contributed by atoms with Gasteiger partial charge in [0, 0.05) is 30.9 Å². The Kier molecular flexibility index (Phi) is 5.44. The highest BCUT2D eigenvalue weighted by Crippen LogP contribution is 2.26. The molecule has 0 aliphatic carbocycles. The standard InChI is InChI=1S/C21H23FN4O2/c1-21(2,3)18-13-19(26(4)25-18)24-20(27)12-14-5-6-17(16(22)11-14)28-15-7-9-23-10-8-15/h5-11,13H,12H2,1-4H3,(H,24,27). The van der Waals surface area contributed by atoms with Crippen molar-refractivity contribution >= 4 is 11.7 Å². The van der Waals surface area contributed by atoms with Crippen molar-refractivity contribution in [1.82, 2.24) is 14.8 Å². The summed E-state index contributed by atoms with van der Waals surface area (Å²) in [5.74, 6) is 0.415. The van der Waals surface area contributed by atoms with Crippen LogP contribution in [-0.2, 0) is 23.7 Å². The van der Waals surface area contributed by atoms with Gasteiger partial charge in [0.1, 0.15) is 11.6 Å². The summed E-state index contributed by atoms with van der Waals surface area (Å²) in [6.45, 7) is 6.16. The molecule has 0 radical (unpaired) electrons. The Morgan fingerprint density at radius 2 is 1.89 bits per heavy atom. The van der Waals surface area contributed by atoms with Crippen LogP contribution in [0.3, 0.4) is 0 Å². The predicted octanol–water partition coefficient (Wildman–Crippen LogP) is 4.23. The zero-order valence-corrected chi connectivity index (χ0v) is 16.4. The Morgan fingerprint density at radius 1 is 1.18 bits per heavy atom. The number of hydrogen-bond acceptors (Lipinski definition) is 4. The SMILES string of the molecule is Cn1nc(C(C)(C)C)cc1NC(=O)Cc1ccc(Oc2ccncc2)c(F)c1. The molecule has 7 heteroatoms. The summed E-state index contributed by atoms with van der Waals surface area (Å²) in [5, 5.41) is 7.25. The number of aryl methyl sites for hydroxylation is 1. The number of nitrogens with one attached hydrogen (secondary N) is 1. The van der Waals surface area contributed by atoms with Crippen LogP contribution >= 0.6 is 0 Å². The van der Waals surface area contributed by atoms with Crippen molar-refractivity contribution in [2.75, 3.05) is 5.32 Å². The van der Waals surface area contributed by atoms with Gasteiger partial charge in [-0.25, -0.2) is 4.39 Å². The van der Waals surface area contributed by atoms with E-state index in [1.807, 2.05) is 6.07 Å². The number of carbonyl (C=O) groups is 1. The van der Waals surface area contributed by atoms with E-state index in [2.05, 4.69) is 36.2 Å². The van der Waals surface area contributed by atoms with E-state index in [0.29, 0.717) is 17.1 Å². The van der Waals surface area contributed by atoms with E-state index in [-0.39, 0.29) is 23.5 Å². The maximum atomic E-state index is 14.3. The third kappa shape index (κ3) is 4.73. The fraction of sp³-hybridized carbons (Fsp3) is 0.286. The van der Waals surface area contributed by atoms with Gasteiger partial charge < -0.3 is 10.1 Å². The number of pyridine rings is 1. The summed E-state index contributed by atoms with van der Waals surface area (Å²) in [5.41, 5.74) is 1.32. The average molecular weight is 382 g/mol. The van der Waals surface area contributed by atoms with Crippen LogP contribution in [-0.4, -0.2) is 20.7 Å². The number of aromatic nitrogens is 3. The van der Waals surface area contributed by atoms with Gasteiger partial charge in [0.2, 0.25) is 5.91 Å². The lowest BCUT2D eigenvalue weighted by Crippen LogP contribution is -2.16. The van der Waals surface area contributed by atoms with Gasteiger partial charge in [0.05, 0.1) is 12.1 Å². The zero-order valence-electron chi connectivity index (χ0n) is 16.4. The molecule has 0 atom stereocenters. The fourth-order valence-corrected chi connectivity index (χ4v) is 2.59. The van der Waals surface area contributed by atoms with Crippen LogP contribution in [0.25, 0.3) is 0 Å². The lowest BCUT2D eigenvalue weighted by Gasteiger charge is -2.13. The van der Waals surface area contributed by atoms with Crippen LogP contribution < -0.4 is 10.1 Å². The van der Waals surface area contributed by atoms with E-state index in [0.717, 1.165) is 5.69 Å². The minimum absolute atomic E-state index is 0.0441. The van der Waals surface area contributed by atoms with Gasteiger partial charge in [-0.05, 0) is 29.8 Å². The number of nitrogens with zero attached hydrogens (tertiary/aromatic N) is 3. The first-order valence-corrected chi connectivity index (χ1v) is 8.93. The van der Waals surface area contributed by atoms with Gasteiger partial charge in [-0.1, -0.05) is 26.8 Å². The van der Waals surface area contributed by atoms with Crippen molar-refractivity contribution in [2.24, 2.45) is 7.05 Å². The summed E-state index contributed by atoms with van der Waals surface area (Å²) in [4.78, 5) is 16.3. The minimum atomic E-state index is -0.530. The van der Waals surface area contributed by atoms with Gasteiger partial charge in [-0.2, -0.15) is 5.10 Å². The Labute approximate surface area is 163 Å². The second-order valence-electron chi connectivity index (χ2n) is 7.56. The van der Waals surface area contributed by atoms with E-state index in [9.17, 15) is 9.18 Å². The molecule has 3 rings (SSSR count). The minimum Gasteiger partial charge on any atom is -0.454 e. The molecular weight excluding hydrogens is 359 g/mol. The first-order valence-electron chi connectivity index (χ1n) is 8.93. The van der Waals surface area contributed by atoms with Gasteiger partial charge in [-0.3, -0.25) is 14.5 Å². The highest BCUT2D eigenvalue weighted by atomic mass is 19.1. The molecule has 1 aromatic carbocycles. The molecule has 0 aliphatic heterocycles. The van der Waals surface area contributed by atoms with Crippen LogP contribution in [0, 0.1) is 5.82 Å². The molecule has 0 unspecified atom stereocenters. The third-order valence-electron chi connectivity index (χ3n) is 4.15. The van der Waals surface area contributed by atoms with Crippen molar-refractivity contribution < 1.29 is 13.9 Å². The number of halogens is 1. The Morgan fingerprint density at radius 3 is 2.50 bits per heavy atom. The van der Waals surface area contributed by atoms with E-state index < -0.39 is 5.82 Å². The normalized spacial score (nSPS) is 11.3. The molecule has 0 fully saturated rings. The number of rotatable bonds is 5. The first kappa shape index (κ1) is 19.5. The summed E-state index contributed by atoms with van der Waals surface area (Å²) in [7, 11) is 1.77. The molecule has 0 saturated heterocycles. The molecule has 0 aliphatic rings. The first-order chi connectivity index (χ1) is 13.2. The van der Waals surface area contributed by atoms with E-state index >= 15 is 0 Å². The lowest BCUT2D eigenvalue weighted by molar-refractivity contribution is -0.115. The van der Waals surface area contributed by atoms with Crippen LogP contribution in [0.1, 0.15) is 32.0 Å². The predicted molar refractivity (Wildman–Crippen MR) is 105 cm³/mol. The Hall–Kier alpha value is -3.22. The fourth-order valence-electron chi connectivity index (χ4n) is 2.59. The molecule has 2 aromatic heterocycles. The highest BCUT2D eigenvalue weighted by Gasteiger charge is 2.20. The molecule has 28 heavy (non-hydrogen) atoms. The maximum absolute atomic E-state index is 14.3. The lowest BCUT2D eigenvalue weighted by atomic mass is 9.92. The van der Waals surface area contributed by atoms with E-state index in [4.69, 9.17) is 4.74 Å². The third-order valence-corrected chi connectivity index (χ3v) is 4.15. The quantitative estimate of drug-likeness (QED) is 0.717. The van der Waals surface area contributed by atoms with Crippen LogP contribution in [0.2, 0.25) is 0 Å². The number of hydrogen-bond donors (Lipinski definition) is 1. The second-order valence-corrected chi connectivity index (χ2v) is 7.56. The highest BCUT2D eigenvalue weighted by molar-refractivity contribution is 5.91. The molecule has 1 amide bonds. The molecule has 2 heterocycles. The van der Waals surface area contributed by atoms with Gasteiger partial charge in [0.15, 0.2) is 11.6 Å². The van der Waals surface area contributed by atoms with Gasteiger partial charge in [0.25, 0.3) is 0 Å². The largest absolute Gasteiger partial charge is 0.454 e. The van der Waals surface area contributed by atoms with Gasteiger partial charge in [-0.15, -0.1) is 0 Å². The van der Waals surface area contributed by atoms with Crippen LogP contribution in [0.4, 0.5) is 10.2 Å². The van der Waals surface area contributed by atoms with Crippen LogP contribution in [0.15, 0.2) is 48.8 Å². The van der Waals surface area contributed by atoms with Crippen molar-refractivity contribution in [2.45, 2.75) is 32.6 Å². The molecule has 0 saturated carbocycles. The summed E-state index contributed by atoms with van der Waals surface area (Å²) in [6.07, 6.45) is 3.17. The molecule has 0 spiro atoms. The number of benzene rings is 1. The molecule has 3 aromatic rings. The monoisotopic (exact) mass is 382 g/mol. The zero-order chi connectivity index (χ0) is 20.3. The van der Waals surface area contributed by atoms with E-state index in [1.165, 1.54) is 12.1 Å². The van der Waals surface area contributed by atoms with Gasteiger partial charge >= 0.3 is 0 Å². The van der Waals surface area contributed by atoms with Crippen molar-refractivity contribution in [3.05, 3.63) is 65.9 Å². The molecule has 1 N–H and O–H groups in total. The molecule has 146 valence electrons. The maximum Gasteiger partial charge on any atom is 0.229 e. The van der Waals surface area contributed by atoms with E-state index in [1.54, 1.807) is 42.3 Å². The number of amides is 1. The summed E-state index contributed by atoms with van der Waals surface area (Å²) < 4.78 is 21.4. The van der Waals surface area contributed by atoms with Crippen molar-refractivity contribution in [1.29, 1.82) is 0 Å². The van der Waals surface area contributed by atoms with Crippen molar-refractivity contribution in [3.63, 3.8) is 0 Å². The number of anilines is 1. The number of carbonyl (C=O) groups excluding carboxylic acids is 1. The summed E-state index contributed by atoms with van der Waals surface area (Å²) in [6, 6.07) is 9.62. The smallest absolute Gasteiger partial charge is 0.229 e. The molecule has 6 nitrogen and oxygen atoms in total. The second kappa shape index (κ2) is 7.80. The van der Waals surface area contributed by atoms with Crippen LogP contribution in [0.5, 0.6) is 11.5 Å². The Balaban J connectivity index is 1.66. The van der Waals surface area contributed by atoms with Crippen molar-refractivity contribution in [3.8, 4) is 11.5 Å².